The zero-order chi connectivity index (χ0) is 19.3. The third-order valence-corrected chi connectivity index (χ3v) is 3.79. The van der Waals surface area contributed by atoms with Gasteiger partial charge in [0.1, 0.15) is 0 Å². The molecule has 136 valence electrons. The van der Waals surface area contributed by atoms with E-state index in [1.807, 2.05) is 32.9 Å². The second-order valence-electron chi connectivity index (χ2n) is 5.95. The highest BCUT2D eigenvalue weighted by molar-refractivity contribution is 6.44. The average molecular weight is 354 g/mol. The summed E-state index contributed by atoms with van der Waals surface area (Å²) in [4.78, 5) is 36.5. The Morgan fingerprint density at radius 1 is 0.923 bits per heavy atom. The third kappa shape index (κ3) is 4.47. The molecule has 0 aliphatic heterocycles. The summed E-state index contributed by atoms with van der Waals surface area (Å²) in [6.45, 7) is 7.60. The molecule has 2 N–H and O–H groups in total. The molecule has 6 heteroatoms. The van der Waals surface area contributed by atoms with Crippen LogP contribution in [0.3, 0.4) is 0 Å². The highest BCUT2D eigenvalue weighted by Crippen LogP contribution is 2.22. The lowest BCUT2D eigenvalue weighted by molar-refractivity contribution is -0.133. The van der Waals surface area contributed by atoms with Crippen molar-refractivity contribution >= 4 is 29.2 Å². The Kier molecular flexibility index (Phi) is 6.11. The highest BCUT2D eigenvalue weighted by Gasteiger charge is 2.19. The minimum atomic E-state index is -0.860. The molecule has 0 bridgehead atoms. The van der Waals surface area contributed by atoms with E-state index in [-0.39, 0.29) is 17.9 Å². The number of hydrogen-bond donors (Lipinski definition) is 2. The molecule has 0 aliphatic rings. The molecule has 0 unspecified atom stereocenters. The average Bonchev–Trinajstić information content (AvgIpc) is 2.58. The SMILES string of the molecule is CCOC(=O)c1ccccc1NC(=O)C(=O)Nc1c(C)cc(C)cc1C. The van der Waals surface area contributed by atoms with Crippen LogP contribution in [-0.4, -0.2) is 24.4 Å². The van der Waals surface area contributed by atoms with Crippen LogP contribution in [0.15, 0.2) is 36.4 Å². The Morgan fingerprint density at radius 3 is 2.12 bits per heavy atom. The molecule has 0 aromatic heterocycles. The quantitative estimate of drug-likeness (QED) is 0.651. The molecule has 0 atom stereocenters. The van der Waals surface area contributed by atoms with Crippen LogP contribution in [0.1, 0.15) is 34.0 Å². The van der Waals surface area contributed by atoms with Crippen LogP contribution < -0.4 is 10.6 Å². The van der Waals surface area contributed by atoms with Crippen LogP contribution in [-0.2, 0) is 14.3 Å². The second-order valence-corrected chi connectivity index (χ2v) is 5.95. The number of carbonyl (C=O) groups is 3. The number of rotatable bonds is 4. The molecule has 0 heterocycles. The number of carbonyl (C=O) groups excluding carboxylic acids is 3. The standard InChI is InChI=1S/C20H22N2O4/c1-5-26-20(25)15-8-6-7-9-16(15)21-18(23)19(24)22-17-13(3)10-12(2)11-14(17)4/h6-11H,5H2,1-4H3,(H,21,23)(H,22,24). The number of hydrogen-bond acceptors (Lipinski definition) is 4. The Labute approximate surface area is 152 Å². The van der Waals surface area contributed by atoms with Gasteiger partial charge in [-0.25, -0.2) is 4.79 Å². The van der Waals surface area contributed by atoms with E-state index in [1.165, 1.54) is 6.07 Å². The number of aryl methyl sites for hydroxylation is 3. The van der Waals surface area contributed by atoms with Gasteiger partial charge < -0.3 is 15.4 Å². The predicted molar refractivity (Wildman–Crippen MR) is 100 cm³/mol. The molecule has 0 fully saturated rings. The van der Waals surface area contributed by atoms with E-state index in [4.69, 9.17) is 4.74 Å². The molecule has 2 aromatic carbocycles. The number of nitrogens with one attached hydrogen (secondary N) is 2. The molecule has 2 aromatic rings. The van der Waals surface area contributed by atoms with E-state index < -0.39 is 17.8 Å². The molecule has 2 amide bonds. The third-order valence-electron chi connectivity index (χ3n) is 3.79. The van der Waals surface area contributed by atoms with Crippen molar-refractivity contribution in [3.63, 3.8) is 0 Å². The van der Waals surface area contributed by atoms with Gasteiger partial charge in [0.2, 0.25) is 0 Å². The molecule has 2 rings (SSSR count). The van der Waals surface area contributed by atoms with Gasteiger partial charge in [0.25, 0.3) is 0 Å². The maximum atomic E-state index is 12.3. The van der Waals surface area contributed by atoms with Crippen molar-refractivity contribution in [1.82, 2.24) is 0 Å². The number of anilines is 2. The number of ether oxygens (including phenoxy) is 1. The maximum absolute atomic E-state index is 12.3. The molecule has 6 nitrogen and oxygen atoms in total. The molecule has 0 aliphatic carbocycles. The van der Waals surface area contributed by atoms with E-state index in [9.17, 15) is 14.4 Å². The number of amides is 2. The fourth-order valence-corrected chi connectivity index (χ4v) is 2.71. The Morgan fingerprint density at radius 2 is 1.50 bits per heavy atom. The van der Waals surface area contributed by atoms with Gasteiger partial charge in [-0.15, -0.1) is 0 Å². The monoisotopic (exact) mass is 354 g/mol. The molecule has 0 saturated carbocycles. The number of esters is 1. The van der Waals surface area contributed by atoms with Gasteiger partial charge in [-0.1, -0.05) is 29.8 Å². The smallest absolute Gasteiger partial charge is 0.340 e. The van der Waals surface area contributed by atoms with Crippen LogP contribution in [0.4, 0.5) is 11.4 Å². The van der Waals surface area contributed by atoms with Crippen molar-refractivity contribution in [3.05, 3.63) is 58.7 Å². The van der Waals surface area contributed by atoms with E-state index in [1.54, 1.807) is 25.1 Å². The van der Waals surface area contributed by atoms with E-state index >= 15 is 0 Å². The molecular formula is C20H22N2O4. The zero-order valence-corrected chi connectivity index (χ0v) is 15.3. The van der Waals surface area contributed by atoms with Crippen LogP contribution in [0.2, 0.25) is 0 Å². The van der Waals surface area contributed by atoms with Crippen molar-refractivity contribution < 1.29 is 19.1 Å². The van der Waals surface area contributed by atoms with Crippen molar-refractivity contribution in [3.8, 4) is 0 Å². The van der Waals surface area contributed by atoms with E-state index in [0.717, 1.165) is 16.7 Å². The first kappa shape index (κ1) is 19.2. The lowest BCUT2D eigenvalue weighted by Gasteiger charge is -2.13. The summed E-state index contributed by atoms with van der Waals surface area (Å²) in [6.07, 6.45) is 0. The summed E-state index contributed by atoms with van der Waals surface area (Å²) < 4.78 is 4.96. The lowest BCUT2D eigenvalue weighted by atomic mass is 10.1. The fourth-order valence-electron chi connectivity index (χ4n) is 2.71. The summed E-state index contributed by atoms with van der Waals surface area (Å²) in [5.41, 5.74) is 3.84. The van der Waals surface area contributed by atoms with Crippen molar-refractivity contribution in [1.29, 1.82) is 0 Å². The van der Waals surface area contributed by atoms with Crippen LogP contribution in [0.5, 0.6) is 0 Å². The van der Waals surface area contributed by atoms with Gasteiger partial charge in [0, 0.05) is 5.69 Å². The first-order valence-electron chi connectivity index (χ1n) is 8.29. The molecule has 26 heavy (non-hydrogen) atoms. The molecular weight excluding hydrogens is 332 g/mol. The van der Waals surface area contributed by atoms with Gasteiger partial charge >= 0.3 is 17.8 Å². The van der Waals surface area contributed by atoms with E-state index in [2.05, 4.69) is 10.6 Å². The van der Waals surface area contributed by atoms with E-state index in [0.29, 0.717) is 5.69 Å². The normalized spacial score (nSPS) is 10.2. The summed E-state index contributed by atoms with van der Waals surface area (Å²) in [5.74, 6) is -2.23. The first-order chi connectivity index (χ1) is 12.3. The van der Waals surface area contributed by atoms with Crippen LogP contribution >= 0.6 is 0 Å². The van der Waals surface area contributed by atoms with Crippen molar-refractivity contribution in [2.24, 2.45) is 0 Å². The predicted octanol–water partition coefficient (Wildman–Crippen LogP) is 3.37. The summed E-state index contributed by atoms with van der Waals surface area (Å²) in [7, 11) is 0. The topological polar surface area (TPSA) is 84.5 Å². The Hall–Kier alpha value is -3.15. The summed E-state index contributed by atoms with van der Waals surface area (Å²) in [5, 5.41) is 5.10. The Balaban J connectivity index is 2.16. The van der Waals surface area contributed by atoms with Crippen molar-refractivity contribution in [2.45, 2.75) is 27.7 Å². The summed E-state index contributed by atoms with van der Waals surface area (Å²) in [6, 6.07) is 10.2. The molecule has 0 spiro atoms. The maximum Gasteiger partial charge on any atom is 0.340 e. The highest BCUT2D eigenvalue weighted by atomic mass is 16.5. The van der Waals surface area contributed by atoms with Gasteiger partial charge in [0.05, 0.1) is 17.9 Å². The number of benzene rings is 2. The Bertz CT molecular complexity index is 836. The largest absolute Gasteiger partial charge is 0.462 e. The van der Waals surface area contributed by atoms with Crippen molar-refractivity contribution in [2.75, 3.05) is 17.2 Å². The zero-order valence-electron chi connectivity index (χ0n) is 15.3. The van der Waals surface area contributed by atoms with Gasteiger partial charge in [-0.3, -0.25) is 9.59 Å². The van der Waals surface area contributed by atoms with Gasteiger partial charge in [-0.2, -0.15) is 0 Å². The minimum absolute atomic E-state index is 0.193. The number of para-hydroxylation sites is 1. The van der Waals surface area contributed by atoms with Crippen LogP contribution in [0, 0.1) is 20.8 Å². The van der Waals surface area contributed by atoms with Gasteiger partial charge in [-0.05, 0) is 51.0 Å². The van der Waals surface area contributed by atoms with Gasteiger partial charge in [0.15, 0.2) is 0 Å². The molecule has 0 saturated heterocycles. The second kappa shape index (κ2) is 8.29. The fraction of sp³-hybridized carbons (Fsp3) is 0.250. The first-order valence-corrected chi connectivity index (χ1v) is 8.29. The van der Waals surface area contributed by atoms with Crippen LogP contribution in [0.25, 0.3) is 0 Å². The summed E-state index contributed by atoms with van der Waals surface area (Å²) >= 11 is 0. The molecule has 0 radical (unpaired) electrons. The lowest BCUT2D eigenvalue weighted by Crippen LogP contribution is -2.30. The minimum Gasteiger partial charge on any atom is -0.462 e.